The van der Waals surface area contributed by atoms with E-state index in [4.69, 9.17) is 0 Å². The van der Waals surface area contributed by atoms with Gasteiger partial charge in [-0.1, -0.05) is 12.1 Å². The fourth-order valence-corrected chi connectivity index (χ4v) is 3.21. The lowest BCUT2D eigenvalue weighted by Gasteiger charge is -2.30. The number of aryl methyl sites for hydroxylation is 1. The maximum Gasteiger partial charge on any atom is 0.316 e. The molecule has 0 aliphatic carbocycles. The molecule has 1 saturated heterocycles. The molecule has 21 heavy (non-hydrogen) atoms. The van der Waals surface area contributed by atoms with Crippen molar-refractivity contribution >= 4 is 17.5 Å². The first-order valence-corrected chi connectivity index (χ1v) is 7.45. The summed E-state index contributed by atoms with van der Waals surface area (Å²) in [4.78, 5) is 27.9. The summed E-state index contributed by atoms with van der Waals surface area (Å²) in [6, 6.07) is 5.83. The average molecular weight is 288 g/mol. The summed E-state index contributed by atoms with van der Waals surface area (Å²) < 4.78 is 0. The van der Waals surface area contributed by atoms with Crippen LogP contribution in [0.4, 0.5) is 5.69 Å². The number of β-amino-alcohol motifs (C(OH)–C–C–N with tert-alkyl or cyclic N) is 1. The molecule has 2 amide bonds. The Morgan fingerprint density at radius 3 is 2.81 bits per heavy atom. The largest absolute Gasteiger partial charge is 0.391 e. The van der Waals surface area contributed by atoms with E-state index in [0.29, 0.717) is 19.5 Å². The van der Waals surface area contributed by atoms with E-state index in [2.05, 4.69) is 0 Å². The molecule has 2 aliphatic heterocycles. The molecule has 1 aromatic rings. The predicted octanol–water partition coefficient (Wildman–Crippen LogP) is 0.867. The normalized spacial score (nSPS) is 21.3. The number of carbonyl (C=O) groups excluding carboxylic acids is 2. The number of piperidine rings is 1. The molecule has 1 aromatic carbocycles. The maximum absolute atomic E-state index is 12.5. The summed E-state index contributed by atoms with van der Waals surface area (Å²) >= 11 is 0. The van der Waals surface area contributed by atoms with Crippen LogP contribution in [0.5, 0.6) is 0 Å². The number of fused-ring (bicyclic) bond motifs is 1. The molecule has 1 N–H and O–H groups in total. The summed E-state index contributed by atoms with van der Waals surface area (Å²) in [6.07, 6.45) is 1.73. The SMILES string of the molecule is Cc1cccc2c1CCN2C(=O)C(=O)N1CCCC(O)C1. The number of rotatable bonds is 0. The third-order valence-electron chi connectivity index (χ3n) is 4.37. The van der Waals surface area contributed by atoms with Gasteiger partial charge in [0.05, 0.1) is 6.10 Å². The zero-order valence-electron chi connectivity index (χ0n) is 12.2. The highest BCUT2D eigenvalue weighted by Gasteiger charge is 2.34. The number of aliphatic hydroxyl groups is 1. The van der Waals surface area contributed by atoms with Gasteiger partial charge in [-0.25, -0.2) is 0 Å². The van der Waals surface area contributed by atoms with Crippen LogP contribution in [0, 0.1) is 6.92 Å². The molecule has 112 valence electrons. The van der Waals surface area contributed by atoms with E-state index in [0.717, 1.165) is 29.7 Å². The average Bonchev–Trinajstić information content (AvgIpc) is 2.91. The predicted molar refractivity (Wildman–Crippen MR) is 79.1 cm³/mol. The Morgan fingerprint density at radius 2 is 2.05 bits per heavy atom. The Bertz CT molecular complexity index is 585. The molecule has 5 heteroatoms. The van der Waals surface area contributed by atoms with Crippen LogP contribution in [-0.4, -0.2) is 47.6 Å². The zero-order chi connectivity index (χ0) is 15.0. The number of anilines is 1. The van der Waals surface area contributed by atoms with Gasteiger partial charge >= 0.3 is 11.8 Å². The Morgan fingerprint density at radius 1 is 1.24 bits per heavy atom. The quantitative estimate of drug-likeness (QED) is 0.721. The topological polar surface area (TPSA) is 60.9 Å². The van der Waals surface area contributed by atoms with Crippen LogP contribution in [-0.2, 0) is 16.0 Å². The van der Waals surface area contributed by atoms with Crippen molar-refractivity contribution in [2.24, 2.45) is 0 Å². The third-order valence-corrected chi connectivity index (χ3v) is 4.37. The van der Waals surface area contributed by atoms with Crippen molar-refractivity contribution in [2.75, 3.05) is 24.5 Å². The fraction of sp³-hybridized carbons (Fsp3) is 0.500. The highest BCUT2D eigenvalue weighted by atomic mass is 16.3. The van der Waals surface area contributed by atoms with Crippen molar-refractivity contribution < 1.29 is 14.7 Å². The number of amides is 2. The van der Waals surface area contributed by atoms with Crippen LogP contribution in [0.15, 0.2) is 18.2 Å². The molecule has 1 fully saturated rings. The first-order chi connectivity index (χ1) is 10.1. The first-order valence-electron chi connectivity index (χ1n) is 7.45. The highest BCUT2D eigenvalue weighted by Crippen LogP contribution is 2.30. The van der Waals surface area contributed by atoms with Gasteiger partial charge in [0.1, 0.15) is 0 Å². The number of nitrogens with zero attached hydrogens (tertiary/aromatic N) is 2. The Kier molecular flexibility index (Phi) is 3.68. The molecule has 5 nitrogen and oxygen atoms in total. The van der Waals surface area contributed by atoms with Crippen molar-refractivity contribution in [3.05, 3.63) is 29.3 Å². The lowest BCUT2D eigenvalue weighted by atomic mass is 10.1. The van der Waals surface area contributed by atoms with Crippen molar-refractivity contribution in [1.82, 2.24) is 4.90 Å². The molecule has 0 radical (unpaired) electrons. The molecule has 0 spiro atoms. The van der Waals surface area contributed by atoms with E-state index in [1.807, 2.05) is 25.1 Å². The van der Waals surface area contributed by atoms with E-state index >= 15 is 0 Å². The van der Waals surface area contributed by atoms with Crippen LogP contribution >= 0.6 is 0 Å². The second-order valence-electron chi connectivity index (χ2n) is 5.83. The second-order valence-corrected chi connectivity index (χ2v) is 5.83. The second kappa shape index (κ2) is 5.48. The minimum Gasteiger partial charge on any atom is -0.391 e. The molecular formula is C16H20N2O3. The summed E-state index contributed by atoms with van der Waals surface area (Å²) in [5.74, 6) is -0.975. The van der Waals surface area contributed by atoms with Gasteiger partial charge in [0, 0.05) is 25.3 Å². The number of aliphatic hydroxyl groups excluding tert-OH is 1. The standard InChI is InChI=1S/C16H20N2O3/c1-11-4-2-6-14-13(11)7-9-18(14)16(21)15(20)17-8-3-5-12(19)10-17/h2,4,6,12,19H,3,5,7-10H2,1H3. The van der Waals surface area contributed by atoms with Gasteiger partial charge in [-0.15, -0.1) is 0 Å². The first kappa shape index (κ1) is 14.1. The highest BCUT2D eigenvalue weighted by molar-refractivity contribution is 6.40. The Balaban J connectivity index is 1.78. The molecule has 0 aromatic heterocycles. The van der Waals surface area contributed by atoms with Crippen LogP contribution in [0.2, 0.25) is 0 Å². The van der Waals surface area contributed by atoms with Crippen LogP contribution in [0.1, 0.15) is 24.0 Å². The Hall–Kier alpha value is -1.88. The van der Waals surface area contributed by atoms with Crippen molar-refractivity contribution in [3.8, 4) is 0 Å². The monoisotopic (exact) mass is 288 g/mol. The molecular weight excluding hydrogens is 268 g/mol. The lowest BCUT2D eigenvalue weighted by molar-refractivity contribution is -0.146. The van der Waals surface area contributed by atoms with Crippen LogP contribution in [0.25, 0.3) is 0 Å². The van der Waals surface area contributed by atoms with Crippen molar-refractivity contribution in [1.29, 1.82) is 0 Å². The molecule has 1 unspecified atom stereocenters. The smallest absolute Gasteiger partial charge is 0.316 e. The van der Waals surface area contributed by atoms with Gasteiger partial charge in [-0.05, 0) is 43.4 Å². The van der Waals surface area contributed by atoms with E-state index in [1.54, 1.807) is 4.90 Å². The summed E-state index contributed by atoms with van der Waals surface area (Å²) in [5.41, 5.74) is 3.16. The Labute approximate surface area is 124 Å². The number of hydrogen-bond donors (Lipinski definition) is 1. The fourth-order valence-electron chi connectivity index (χ4n) is 3.21. The van der Waals surface area contributed by atoms with Gasteiger partial charge in [0.2, 0.25) is 0 Å². The van der Waals surface area contributed by atoms with Gasteiger partial charge in [0.25, 0.3) is 0 Å². The summed E-state index contributed by atoms with van der Waals surface area (Å²) in [6.45, 7) is 3.39. The van der Waals surface area contributed by atoms with Crippen molar-refractivity contribution in [3.63, 3.8) is 0 Å². The number of likely N-dealkylation sites (tertiary alicyclic amines) is 1. The minimum absolute atomic E-state index is 0.263. The third kappa shape index (κ3) is 2.53. The van der Waals surface area contributed by atoms with E-state index in [9.17, 15) is 14.7 Å². The van der Waals surface area contributed by atoms with Gasteiger partial charge in [-0.3, -0.25) is 9.59 Å². The molecule has 1 atom stereocenters. The minimum atomic E-state index is -0.511. The maximum atomic E-state index is 12.5. The number of benzene rings is 1. The van der Waals surface area contributed by atoms with E-state index in [-0.39, 0.29) is 6.54 Å². The number of carbonyl (C=O) groups is 2. The van der Waals surface area contributed by atoms with Gasteiger partial charge in [0.15, 0.2) is 0 Å². The number of hydrogen-bond acceptors (Lipinski definition) is 3. The van der Waals surface area contributed by atoms with Crippen LogP contribution in [0.3, 0.4) is 0 Å². The molecule has 2 heterocycles. The molecule has 0 saturated carbocycles. The summed E-state index contributed by atoms with van der Waals surface area (Å²) in [7, 11) is 0. The van der Waals surface area contributed by atoms with Crippen LogP contribution < -0.4 is 4.90 Å². The molecule has 2 aliphatic rings. The van der Waals surface area contributed by atoms with E-state index < -0.39 is 17.9 Å². The lowest BCUT2D eigenvalue weighted by Crippen LogP contribution is -2.49. The summed E-state index contributed by atoms with van der Waals surface area (Å²) in [5, 5.41) is 9.65. The zero-order valence-corrected chi connectivity index (χ0v) is 12.2. The molecule has 0 bridgehead atoms. The van der Waals surface area contributed by atoms with Gasteiger partial charge < -0.3 is 14.9 Å². The van der Waals surface area contributed by atoms with E-state index in [1.165, 1.54) is 4.90 Å². The van der Waals surface area contributed by atoms with Gasteiger partial charge in [-0.2, -0.15) is 0 Å². The van der Waals surface area contributed by atoms with Crippen molar-refractivity contribution in [2.45, 2.75) is 32.3 Å². The molecule has 3 rings (SSSR count).